The lowest BCUT2D eigenvalue weighted by Gasteiger charge is -2.29. The Labute approximate surface area is 368 Å². The molecule has 0 fully saturated rings. The molecule has 0 bridgehead atoms. The van der Waals surface area contributed by atoms with E-state index in [1.54, 1.807) is 0 Å². The van der Waals surface area contributed by atoms with E-state index in [1.807, 2.05) is 11.3 Å². The summed E-state index contributed by atoms with van der Waals surface area (Å²) in [7, 11) is 0. The molecule has 0 atom stereocenters. The van der Waals surface area contributed by atoms with Gasteiger partial charge in [0.15, 0.2) is 0 Å². The monoisotopic (exact) mass is 818 g/mol. The lowest BCUT2D eigenvalue weighted by molar-refractivity contribution is 1.28. The number of hydrogen-bond donors (Lipinski definition) is 0. The molecule has 3 heterocycles. The predicted molar refractivity (Wildman–Crippen MR) is 271 cm³/mol. The smallest absolute Gasteiger partial charge is 0.0619 e. The average molecular weight is 819 g/mol. The van der Waals surface area contributed by atoms with E-state index in [2.05, 4.69) is 240 Å². The van der Waals surface area contributed by atoms with Crippen molar-refractivity contribution in [2.45, 2.75) is 0 Å². The summed E-state index contributed by atoms with van der Waals surface area (Å²) in [5, 5.41) is 10.2. The van der Waals surface area contributed by atoms with Crippen molar-refractivity contribution < 1.29 is 0 Å². The number of fused-ring (bicyclic) bond motifs is 7. The molecule has 0 spiro atoms. The average Bonchev–Trinajstić information content (AvgIpc) is 3.92. The second-order valence-corrected chi connectivity index (χ2v) is 17.5. The van der Waals surface area contributed by atoms with Crippen LogP contribution in [0.15, 0.2) is 231 Å². The molecule has 0 unspecified atom stereocenters. The molecule has 0 amide bonds. The summed E-state index contributed by atoms with van der Waals surface area (Å²) < 4.78 is 5.18. The number of para-hydroxylation sites is 2. The molecule has 13 rings (SSSR count). The molecule has 0 aliphatic carbocycles. The first-order chi connectivity index (χ1) is 31.3. The van der Waals surface area contributed by atoms with Gasteiger partial charge in [0, 0.05) is 58.7 Å². The van der Waals surface area contributed by atoms with Crippen LogP contribution in [0.25, 0.3) is 102 Å². The normalized spacial score (nSPS) is 11.8. The van der Waals surface area contributed by atoms with E-state index in [9.17, 15) is 0 Å². The van der Waals surface area contributed by atoms with E-state index in [0.29, 0.717) is 0 Å². The highest BCUT2D eigenvalue weighted by Gasteiger charge is 2.22. The zero-order valence-corrected chi connectivity index (χ0v) is 35.1. The Morgan fingerprint density at radius 2 is 0.810 bits per heavy atom. The summed E-state index contributed by atoms with van der Waals surface area (Å²) in [5.41, 5.74) is 14.0. The molecule has 0 N–H and O–H groups in total. The molecule has 63 heavy (non-hydrogen) atoms. The largest absolute Gasteiger partial charge is 0.310 e. The summed E-state index contributed by atoms with van der Waals surface area (Å²) in [6.45, 7) is 0. The number of benzene rings is 10. The van der Waals surface area contributed by atoms with Crippen LogP contribution < -0.4 is 4.90 Å². The van der Waals surface area contributed by atoms with Crippen LogP contribution >= 0.6 is 11.3 Å². The van der Waals surface area contributed by atoms with E-state index >= 15 is 0 Å². The fourth-order valence-corrected chi connectivity index (χ4v) is 11.3. The van der Waals surface area contributed by atoms with Gasteiger partial charge in [0.2, 0.25) is 0 Å². The molecule has 294 valence electrons. The molecular weight excluding hydrogens is 781 g/mol. The van der Waals surface area contributed by atoms with Gasteiger partial charge in [-0.15, -0.1) is 11.3 Å². The highest BCUT2D eigenvalue weighted by Crippen LogP contribution is 2.47. The van der Waals surface area contributed by atoms with Gasteiger partial charge < -0.3 is 9.30 Å². The highest BCUT2D eigenvalue weighted by molar-refractivity contribution is 7.26. The van der Waals surface area contributed by atoms with Gasteiger partial charge in [-0.2, -0.15) is 0 Å². The molecule has 13 aromatic rings. The van der Waals surface area contributed by atoms with E-state index in [1.165, 1.54) is 102 Å². The minimum Gasteiger partial charge on any atom is -0.310 e. The first kappa shape index (κ1) is 35.7. The SMILES string of the molecule is c1ccc(-c2ccc(N(c3ccc4c(c3)c3cccc5c6cccc7sc8cccc(c9ccccc9n4c53)c8c76)c3ccc(-c4ccccc4)cc3-c3ccccc3)cc2)cc1. The van der Waals surface area contributed by atoms with Crippen LogP contribution in [0.1, 0.15) is 0 Å². The molecule has 2 nitrogen and oxygen atoms in total. The zero-order valence-electron chi connectivity index (χ0n) is 34.2. The fourth-order valence-electron chi connectivity index (χ4n) is 10.1. The molecular formula is C60H38N2S. The third-order valence-electron chi connectivity index (χ3n) is 12.9. The Bertz CT molecular complexity index is 3880. The number of anilines is 3. The summed E-state index contributed by atoms with van der Waals surface area (Å²) in [6, 6.07) is 84.8. The standard InChI is InChI=1S/C60H38N2S/c1-4-15-39(16-5-1)41-29-32-44(33-30-41)61(54-35-31-43(40-17-6-2-7-18-40)37-51(54)42-19-8-3-9-20-42)45-34-36-55-52(38-45)50-25-12-24-49-48-23-14-28-57-59(48)58-47(22-13-27-56(58)63-57)46-21-10-11-26-53(46)62(55)60(49)50/h1-38H. The van der Waals surface area contributed by atoms with Crippen LogP contribution in [-0.4, -0.2) is 4.40 Å². The van der Waals surface area contributed by atoms with E-state index < -0.39 is 0 Å². The van der Waals surface area contributed by atoms with E-state index in [4.69, 9.17) is 0 Å². The zero-order chi connectivity index (χ0) is 41.4. The van der Waals surface area contributed by atoms with Gasteiger partial charge in [0.1, 0.15) is 0 Å². The number of hydrogen-bond acceptors (Lipinski definition) is 2. The van der Waals surface area contributed by atoms with Gasteiger partial charge in [0.25, 0.3) is 0 Å². The quantitative estimate of drug-likeness (QED) is 0.162. The summed E-state index contributed by atoms with van der Waals surface area (Å²) in [6.07, 6.45) is 0. The number of thiophene rings is 1. The first-order valence-corrected chi connectivity index (χ1v) is 22.4. The maximum absolute atomic E-state index is 2.54. The fraction of sp³-hybridized carbons (Fsp3) is 0. The second-order valence-electron chi connectivity index (χ2n) is 16.4. The minimum absolute atomic E-state index is 1.09. The molecule has 10 aromatic carbocycles. The van der Waals surface area contributed by atoms with Crippen molar-refractivity contribution in [2.75, 3.05) is 4.90 Å². The Hall–Kier alpha value is -7.98. The van der Waals surface area contributed by atoms with Crippen LogP contribution in [0.3, 0.4) is 0 Å². The summed E-state index contributed by atoms with van der Waals surface area (Å²) in [5.74, 6) is 0. The Kier molecular flexibility index (Phi) is 8.12. The minimum atomic E-state index is 1.09. The molecule has 0 aliphatic rings. The number of nitrogens with zero attached hydrogens (tertiary/aromatic N) is 2. The highest BCUT2D eigenvalue weighted by atomic mass is 32.1. The van der Waals surface area contributed by atoms with Crippen molar-refractivity contribution in [3.8, 4) is 33.4 Å². The van der Waals surface area contributed by atoms with Crippen molar-refractivity contribution >= 4 is 97.4 Å². The Morgan fingerprint density at radius 1 is 0.317 bits per heavy atom. The van der Waals surface area contributed by atoms with E-state index in [0.717, 1.165) is 17.1 Å². The number of rotatable bonds is 6. The molecule has 3 aromatic heterocycles. The molecule has 3 heteroatoms. The second kappa shape index (κ2) is 14.3. The summed E-state index contributed by atoms with van der Waals surface area (Å²) >= 11 is 1.89. The van der Waals surface area contributed by atoms with Crippen LogP contribution in [-0.2, 0) is 0 Å². The maximum atomic E-state index is 2.54. The van der Waals surface area contributed by atoms with Gasteiger partial charge in [-0.25, -0.2) is 0 Å². The topological polar surface area (TPSA) is 7.65 Å². The van der Waals surface area contributed by atoms with Gasteiger partial charge in [-0.3, -0.25) is 0 Å². The van der Waals surface area contributed by atoms with E-state index in [-0.39, 0.29) is 0 Å². The number of aromatic nitrogens is 1. The predicted octanol–water partition coefficient (Wildman–Crippen LogP) is 17.4. The molecule has 0 radical (unpaired) electrons. The maximum Gasteiger partial charge on any atom is 0.0619 e. The molecule has 0 saturated heterocycles. The van der Waals surface area contributed by atoms with Crippen LogP contribution in [0.2, 0.25) is 0 Å². The van der Waals surface area contributed by atoms with Crippen molar-refractivity contribution in [2.24, 2.45) is 0 Å². The Morgan fingerprint density at radius 3 is 1.51 bits per heavy atom. The van der Waals surface area contributed by atoms with Gasteiger partial charge in [0.05, 0.1) is 22.2 Å². The van der Waals surface area contributed by atoms with Crippen molar-refractivity contribution in [3.05, 3.63) is 231 Å². The van der Waals surface area contributed by atoms with Crippen molar-refractivity contribution in [1.82, 2.24) is 4.40 Å². The van der Waals surface area contributed by atoms with Gasteiger partial charge >= 0.3 is 0 Å². The van der Waals surface area contributed by atoms with Crippen LogP contribution in [0.5, 0.6) is 0 Å². The summed E-state index contributed by atoms with van der Waals surface area (Å²) in [4.78, 5) is 2.45. The van der Waals surface area contributed by atoms with Gasteiger partial charge in [-0.1, -0.05) is 170 Å². The van der Waals surface area contributed by atoms with Crippen LogP contribution in [0.4, 0.5) is 17.1 Å². The van der Waals surface area contributed by atoms with Crippen LogP contribution in [0, 0.1) is 0 Å². The third kappa shape index (κ3) is 5.64. The van der Waals surface area contributed by atoms with Gasteiger partial charge in [-0.05, 0) is 99.3 Å². The third-order valence-corrected chi connectivity index (χ3v) is 14.1. The van der Waals surface area contributed by atoms with Crippen molar-refractivity contribution in [1.29, 1.82) is 0 Å². The Balaban J connectivity index is 1.13. The lowest BCUT2D eigenvalue weighted by atomic mass is 9.96. The first-order valence-electron chi connectivity index (χ1n) is 21.6. The van der Waals surface area contributed by atoms with Crippen molar-refractivity contribution in [3.63, 3.8) is 0 Å². The molecule has 0 aliphatic heterocycles. The molecule has 0 saturated carbocycles. The lowest BCUT2D eigenvalue weighted by Crippen LogP contribution is -2.11.